The number of Topliss-reactive ketones (excluding diaryl/α,β-unsaturated/α-hetero) is 2. The maximum Gasteiger partial charge on any atom is 0.152 e. The summed E-state index contributed by atoms with van der Waals surface area (Å²) in [6.07, 6.45) is 11.5. The van der Waals surface area contributed by atoms with Crippen LogP contribution in [0.3, 0.4) is 0 Å². The maximum atomic E-state index is 10.3. The SMILES string of the molecule is C.C.C.C.C.C.C.COCC=CC(C)=O.COCC=CCC(C)=O.COCC=CCC(C)=O. The van der Waals surface area contributed by atoms with Crippen LogP contribution in [0.5, 0.6) is 0 Å². The third kappa shape index (κ3) is 104. The molecule has 0 aromatic rings. The Morgan fingerprint density at radius 3 is 1.00 bits per heavy atom. The molecule has 0 bridgehead atoms. The van der Waals surface area contributed by atoms with E-state index in [4.69, 9.17) is 9.47 Å². The number of ether oxygens (including phenoxy) is 3. The van der Waals surface area contributed by atoms with E-state index in [9.17, 15) is 14.4 Å². The standard InChI is InChI=1S/2C7H12O2.C6H10O2.7CH4/c2*1-7(8)5-3-4-6-9-2;1-6(7)4-3-5-8-2;;;;;;;/h2*3-4H,5-6H2,1-2H3;3-4H,5H2,1-2H3;7*1H4. The highest BCUT2D eigenvalue weighted by atomic mass is 16.5. The number of carbonyl (C=O) groups is 3. The second-order valence-corrected chi connectivity index (χ2v) is 5.13. The number of allylic oxidation sites excluding steroid dienone is 3. The lowest BCUT2D eigenvalue weighted by Crippen LogP contribution is -1.86. The van der Waals surface area contributed by atoms with E-state index in [1.165, 1.54) is 13.0 Å². The Kier molecular flexibility index (Phi) is 110. The van der Waals surface area contributed by atoms with Gasteiger partial charge in [-0.1, -0.05) is 82.4 Å². The van der Waals surface area contributed by atoms with Gasteiger partial charge in [0.05, 0.1) is 19.8 Å². The van der Waals surface area contributed by atoms with Crippen molar-refractivity contribution in [1.29, 1.82) is 0 Å². The first-order chi connectivity index (χ1) is 12.3. The summed E-state index contributed by atoms with van der Waals surface area (Å²) >= 11 is 0. The predicted molar refractivity (Wildman–Crippen MR) is 151 cm³/mol. The van der Waals surface area contributed by atoms with Crippen LogP contribution in [0, 0.1) is 0 Å². The highest BCUT2D eigenvalue weighted by Crippen LogP contribution is 1.84. The number of methoxy groups -OCH3 is 3. The predicted octanol–water partition coefficient (Wildman–Crippen LogP) is 7.57. The molecule has 0 saturated carbocycles. The molecule has 0 fully saturated rings. The summed E-state index contributed by atoms with van der Waals surface area (Å²) in [5, 5.41) is 0. The number of rotatable bonds is 11. The van der Waals surface area contributed by atoms with Gasteiger partial charge >= 0.3 is 0 Å². The number of hydrogen-bond donors (Lipinski definition) is 0. The summed E-state index contributed by atoms with van der Waals surface area (Å²) in [5.74, 6) is 0.423. The van der Waals surface area contributed by atoms with E-state index in [-0.39, 0.29) is 69.3 Å². The molecule has 0 spiro atoms. The van der Waals surface area contributed by atoms with Crippen molar-refractivity contribution in [3.8, 4) is 0 Å². The van der Waals surface area contributed by atoms with Gasteiger partial charge in [-0.3, -0.25) is 14.4 Å². The Balaban J connectivity index is -0.0000000272. The molecule has 6 heteroatoms. The molecular formula is C27H62O6. The molecule has 0 N–H and O–H groups in total. The zero-order valence-electron chi connectivity index (χ0n) is 16.9. The fraction of sp³-hybridized carbons (Fsp3) is 0.667. The molecule has 0 aliphatic heterocycles. The Hall–Kier alpha value is -1.89. The molecule has 33 heavy (non-hydrogen) atoms. The van der Waals surface area contributed by atoms with Crippen LogP contribution in [-0.2, 0) is 28.6 Å². The quantitative estimate of drug-likeness (QED) is 0.223. The number of ketones is 3. The summed E-state index contributed by atoms with van der Waals surface area (Å²) in [4.78, 5) is 30.8. The third-order valence-electron chi connectivity index (χ3n) is 2.29. The molecule has 206 valence electrons. The van der Waals surface area contributed by atoms with Crippen LogP contribution in [0.2, 0.25) is 0 Å². The van der Waals surface area contributed by atoms with Gasteiger partial charge in [-0.2, -0.15) is 0 Å². The van der Waals surface area contributed by atoms with Crippen LogP contribution in [0.15, 0.2) is 36.5 Å². The van der Waals surface area contributed by atoms with Gasteiger partial charge in [0.15, 0.2) is 5.78 Å². The molecule has 0 rings (SSSR count). The van der Waals surface area contributed by atoms with E-state index in [0.29, 0.717) is 32.7 Å². The zero-order chi connectivity index (χ0) is 20.6. The van der Waals surface area contributed by atoms with Crippen molar-refractivity contribution < 1.29 is 28.6 Å². The molecule has 0 aromatic heterocycles. The summed E-state index contributed by atoms with van der Waals surface area (Å²) < 4.78 is 14.1. The Labute approximate surface area is 209 Å². The van der Waals surface area contributed by atoms with Crippen molar-refractivity contribution >= 4 is 17.3 Å². The molecular weight excluding hydrogens is 420 g/mol. The van der Waals surface area contributed by atoms with Gasteiger partial charge in [-0.25, -0.2) is 0 Å². The highest BCUT2D eigenvalue weighted by molar-refractivity contribution is 5.87. The van der Waals surface area contributed by atoms with Crippen molar-refractivity contribution in [3.05, 3.63) is 36.5 Å². The lowest BCUT2D eigenvalue weighted by Gasteiger charge is -1.86. The van der Waals surface area contributed by atoms with Gasteiger partial charge in [0.25, 0.3) is 0 Å². The van der Waals surface area contributed by atoms with Gasteiger partial charge in [0, 0.05) is 34.2 Å². The van der Waals surface area contributed by atoms with E-state index < -0.39 is 0 Å². The van der Waals surface area contributed by atoms with Crippen molar-refractivity contribution in [2.24, 2.45) is 0 Å². The van der Waals surface area contributed by atoms with Crippen molar-refractivity contribution in [3.63, 3.8) is 0 Å². The van der Waals surface area contributed by atoms with Crippen molar-refractivity contribution in [2.75, 3.05) is 41.2 Å². The summed E-state index contributed by atoms with van der Waals surface area (Å²) in [5.41, 5.74) is 0. The van der Waals surface area contributed by atoms with E-state index >= 15 is 0 Å². The maximum absolute atomic E-state index is 10.3. The normalized spacial score (nSPS) is 8.18. The molecule has 0 aliphatic carbocycles. The molecule has 0 aliphatic rings. The Bertz CT molecular complexity index is 410. The molecule has 0 saturated heterocycles. The monoisotopic (exact) mass is 482 g/mol. The first-order valence-corrected chi connectivity index (χ1v) is 8.24. The first kappa shape index (κ1) is 63.3. The van der Waals surface area contributed by atoms with Gasteiger partial charge in [0.1, 0.15) is 11.6 Å². The summed E-state index contributed by atoms with van der Waals surface area (Å²) in [6.45, 7) is 6.33. The van der Waals surface area contributed by atoms with Gasteiger partial charge in [-0.15, -0.1) is 0 Å². The van der Waals surface area contributed by atoms with Crippen LogP contribution in [-0.4, -0.2) is 58.5 Å². The minimum Gasteiger partial charge on any atom is -0.381 e. The average Bonchev–Trinajstić information content (AvgIpc) is 2.56. The fourth-order valence-electron chi connectivity index (χ4n) is 1.14. The van der Waals surface area contributed by atoms with Crippen molar-refractivity contribution in [2.45, 2.75) is 85.6 Å². The van der Waals surface area contributed by atoms with Gasteiger partial charge < -0.3 is 14.2 Å². The second kappa shape index (κ2) is 57.3. The van der Waals surface area contributed by atoms with E-state index in [1.807, 2.05) is 24.3 Å². The van der Waals surface area contributed by atoms with E-state index in [2.05, 4.69) is 4.74 Å². The molecule has 0 unspecified atom stereocenters. The van der Waals surface area contributed by atoms with Crippen LogP contribution < -0.4 is 0 Å². The Morgan fingerprint density at radius 1 is 0.515 bits per heavy atom. The first-order valence-electron chi connectivity index (χ1n) is 8.24. The molecule has 0 aromatic carbocycles. The van der Waals surface area contributed by atoms with Crippen molar-refractivity contribution in [1.82, 2.24) is 0 Å². The molecule has 0 atom stereocenters. The zero-order valence-corrected chi connectivity index (χ0v) is 16.9. The van der Waals surface area contributed by atoms with Gasteiger partial charge in [0.2, 0.25) is 0 Å². The molecule has 0 amide bonds. The molecule has 0 heterocycles. The second-order valence-electron chi connectivity index (χ2n) is 5.13. The average molecular weight is 483 g/mol. The molecule has 6 nitrogen and oxygen atoms in total. The summed E-state index contributed by atoms with van der Waals surface area (Å²) in [6, 6.07) is 0. The highest BCUT2D eigenvalue weighted by Gasteiger charge is 1.84. The largest absolute Gasteiger partial charge is 0.381 e. The lowest BCUT2D eigenvalue weighted by molar-refractivity contribution is -0.117. The van der Waals surface area contributed by atoms with Gasteiger partial charge in [-0.05, 0) is 26.8 Å². The number of hydrogen-bond acceptors (Lipinski definition) is 6. The lowest BCUT2D eigenvalue weighted by atomic mass is 10.3. The van der Waals surface area contributed by atoms with Crippen LogP contribution in [0.4, 0.5) is 0 Å². The van der Waals surface area contributed by atoms with Crippen LogP contribution in [0.25, 0.3) is 0 Å². The fourth-order valence-corrected chi connectivity index (χ4v) is 1.14. The minimum absolute atomic E-state index is 0. The minimum atomic E-state index is 0. The van der Waals surface area contributed by atoms with E-state index in [0.717, 1.165) is 0 Å². The number of carbonyl (C=O) groups excluding carboxylic acids is 3. The van der Waals surface area contributed by atoms with Crippen LogP contribution in [0.1, 0.15) is 85.6 Å². The van der Waals surface area contributed by atoms with E-state index in [1.54, 1.807) is 41.3 Å². The Morgan fingerprint density at radius 2 is 0.788 bits per heavy atom. The van der Waals surface area contributed by atoms with Crippen LogP contribution >= 0.6 is 0 Å². The molecule has 0 radical (unpaired) electrons. The smallest absolute Gasteiger partial charge is 0.152 e. The summed E-state index contributed by atoms with van der Waals surface area (Å²) in [7, 11) is 4.83. The topological polar surface area (TPSA) is 78.9 Å². The third-order valence-corrected chi connectivity index (χ3v) is 2.29.